The molecule has 1 aromatic heterocycles. The van der Waals surface area contributed by atoms with Crippen LogP contribution in [0.4, 0.5) is 5.69 Å². The Kier molecular flexibility index (Phi) is 5.25. The molecule has 0 aliphatic carbocycles. The van der Waals surface area contributed by atoms with Gasteiger partial charge in [-0.25, -0.2) is 8.42 Å². The number of likely N-dealkylation sites (N-methyl/N-ethyl adjacent to an activating group) is 1. The Balaban J connectivity index is 2.14. The van der Waals surface area contributed by atoms with Crippen molar-refractivity contribution in [2.45, 2.75) is 18.7 Å². The monoisotopic (exact) mass is 352 g/mol. The lowest BCUT2D eigenvalue weighted by Gasteiger charge is -2.17. The van der Waals surface area contributed by atoms with Crippen LogP contribution in [-0.2, 0) is 14.8 Å². The smallest absolute Gasteiger partial charge is 0.246 e. The van der Waals surface area contributed by atoms with Crippen molar-refractivity contribution in [2.24, 2.45) is 0 Å². The van der Waals surface area contributed by atoms with Crippen LogP contribution in [0.2, 0.25) is 0 Å². The van der Waals surface area contributed by atoms with E-state index in [1.807, 2.05) is 0 Å². The predicted molar refractivity (Wildman–Crippen MR) is 89.5 cm³/mol. The highest BCUT2D eigenvalue weighted by atomic mass is 32.2. The fourth-order valence-corrected chi connectivity index (χ4v) is 3.75. The molecule has 8 nitrogen and oxygen atoms in total. The van der Waals surface area contributed by atoms with Crippen LogP contribution in [-0.4, -0.2) is 49.5 Å². The maximum Gasteiger partial charge on any atom is 0.246 e. The number of carbonyl (C=O) groups is 1. The molecule has 0 fully saturated rings. The van der Waals surface area contributed by atoms with Gasteiger partial charge in [-0.15, -0.1) is 0 Å². The third-order valence-corrected chi connectivity index (χ3v) is 5.54. The van der Waals surface area contributed by atoms with E-state index in [0.29, 0.717) is 22.8 Å². The summed E-state index contributed by atoms with van der Waals surface area (Å²) < 4.78 is 31.4. The maximum atomic E-state index is 12.6. The van der Waals surface area contributed by atoms with E-state index in [1.165, 1.54) is 14.2 Å². The van der Waals surface area contributed by atoms with Crippen molar-refractivity contribution in [1.29, 1.82) is 0 Å². The number of carbonyl (C=O) groups excluding carboxylic acids is 1. The Labute approximate surface area is 140 Å². The highest BCUT2D eigenvalue weighted by molar-refractivity contribution is 7.89. The summed E-state index contributed by atoms with van der Waals surface area (Å²) >= 11 is 0. The number of anilines is 1. The first-order chi connectivity index (χ1) is 11.3. The van der Waals surface area contributed by atoms with E-state index in [1.54, 1.807) is 38.1 Å². The van der Waals surface area contributed by atoms with Gasteiger partial charge in [0.15, 0.2) is 0 Å². The summed E-state index contributed by atoms with van der Waals surface area (Å²) in [6.07, 6.45) is 0. The fourth-order valence-electron chi connectivity index (χ4n) is 2.30. The van der Waals surface area contributed by atoms with Crippen LogP contribution >= 0.6 is 0 Å². The van der Waals surface area contributed by atoms with Crippen molar-refractivity contribution in [3.63, 3.8) is 0 Å². The summed E-state index contributed by atoms with van der Waals surface area (Å²) in [7, 11) is -0.970. The number of benzene rings is 1. The lowest BCUT2D eigenvalue weighted by atomic mass is 10.3. The molecule has 130 valence electrons. The second-order valence-corrected chi connectivity index (χ2v) is 7.25. The lowest BCUT2D eigenvalue weighted by Crippen LogP contribution is -2.35. The molecule has 0 unspecified atom stereocenters. The molecule has 0 saturated heterocycles. The first kappa shape index (κ1) is 18.0. The van der Waals surface area contributed by atoms with Crippen molar-refractivity contribution in [1.82, 2.24) is 14.5 Å². The molecule has 0 bridgehead atoms. The standard InChI is InChI=1S/C15H20N4O4S/c1-10-15(11(2)18-17-10)24(21,22)19(3)9-14(20)16-12-7-5-6-8-13(12)23-4/h5-8H,9H2,1-4H3,(H,16,20)(H,17,18). The summed E-state index contributed by atoms with van der Waals surface area (Å²) in [5, 5.41) is 9.17. The van der Waals surface area contributed by atoms with Crippen LogP contribution in [0.1, 0.15) is 11.4 Å². The van der Waals surface area contributed by atoms with Crippen molar-refractivity contribution in [3.8, 4) is 5.75 Å². The van der Waals surface area contributed by atoms with E-state index >= 15 is 0 Å². The molecule has 24 heavy (non-hydrogen) atoms. The lowest BCUT2D eigenvalue weighted by molar-refractivity contribution is -0.116. The minimum Gasteiger partial charge on any atom is -0.495 e. The van der Waals surface area contributed by atoms with Crippen LogP contribution in [0.5, 0.6) is 5.75 Å². The van der Waals surface area contributed by atoms with E-state index in [4.69, 9.17) is 4.74 Å². The zero-order valence-corrected chi connectivity index (χ0v) is 14.8. The molecule has 0 saturated carbocycles. The SMILES string of the molecule is COc1ccccc1NC(=O)CN(C)S(=O)(=O)c1c(C)n[nH]c1C. The number of H-pyrrole nitrogens is 1. The predicted octanol–water partition coefficient (Wildman–Crippen LogP) is 1.29. The highest BCUT2D eigenvalue weighted by Gasteiger charge is 2.28. The highest BCUT2D eigenvalue weighted by Crippen LogP contribution is 2.24. The molecular weight excluding hydrogens is 332 g/mol. The Morgan fingerprint density at radius 1 is 1.33 bits per heavy atom. The van der Waals surface area contributed by atoms with Gasteiger partial charge in [0.05, 0.1) is 30.7 Å². The van der Waals surface area contributed by atoms with E-state index in [-0.39, 0.29) is 11.4 Å². The fraction of sp³-hybridized carbons (Fsp3) is 0.333. The van der Waals surface area contributed by atoms with Gasteiger partial charge in [-0.2, -0.15) is 9.40 Å². The molecule has 2 aromatic rings. The number of amides is 1. The number of rotatable bonds is 6. The number of nitrogens with zero attached hydrogens (tertiary/aromatic N) is 2. The van der Waals surface area contributed by atoms with E-state index in [0.717, 1.165) is 4.31 Å². The average molecular weight is 352 g/mol. The van der Waals surface area contributed by atoms with Gasteiger partial charge in [-0.3, -0.25) is 9.89 Å². The number of ether oxygens (including phenoxy) is 1. The molecule has 0 atom stereocenters. The summed E-state index contributed by atoms with van der Waals surface area (Å²) in [4.78, 5) is 12.3. The molecule has 0 aliphatic heterocycles. The topological polar surface area (TPSA) is 104 Å². The number of aromatic amines is 1. The van der Waals surface area contributed by atoms with Crippen molar-refractivity contribution < 1.29 is 17.9 Å². The van der Waals surface area contributed by atoms with E-state index in [2.05, 4.69) is 15.5 Å². The summed E-state index contributed by atoms with van der Waals surface area (Å²) in [6, 6.07) is 6.90. The number of para-hydroxylation sites is 2. The number of aryl methyl sites for hydroxylation is 2. The number of aromatic nitrogens is 2. The van der Waals surface area contributed by atoms with Crippen LogP contribution in [0, 0.1) is 13.8 Å². The van der Waals surface area contributed by atoms with Crippen LogP contribution in [0.15, 0.2) is 29.2 Å². The number of nitrogens with one attached hydrogen (secondary N) is 2. The first-order valence-corrected chi connectivity index (χ1v) is 8.62. The molecule has 1 aromatic carbocycles. The molecule has 0 radical (unpaired) electrons. The van der Waals surface area contributed by atoms with Gasteiger partial charge in [-0.05, 0) is 26.0 Å². The van der Waals surface area contributed by atoms with Crippen molar-refractivity contribution >= 4 is 21.6 Å². The van der Waals surface area contributed by atoms with Gasteiger partial charge in [0.1, 0.15) is 10.6 Å². The van der Waals surface area contributed by atoms with E-state index in [9.17, 15) is 13.2 Å². The van der Waals surface area contributed by atoms with Gasteiger partial charge >= 0.3 is 0 Å². The van der Waals surface area contributed by atoms with Gasteiger partial charge < -0.3 is 10.1 Å². The third kappa shape index (κ3) is 3.57. The quantitative estimate of drug-likeness (QED) is 0.815. The average Bonchev–Trinajstić information content (AvgIpc) is 2.87. The molecule has 1 amide bonds. The Bertz CT molecular complexity index is 825. The molecule has 2 rings (SSSR count). The van der Waals surface area contributed by atoms with Crippen molar-refractivity contribution in [3.05, 3.63) is 35.7 Å². The molecule has 0 spiro atoms. The normalized spacial score (nSPS) is 11.5. The van der Waals surface area contributed by atoms with Crippen LogP contribution < -0.4 is 10.1 Å². The zero-order valence-electron chi connectivity index (χ0n) is 14.0. The maximum absolute atomic E-state index is 12.6. The second kappa shape index (κ2) is 7.02. The largest absolute Gasteiger partial charge is 0.495 e. The third-order valence-electron chi connectivity index (χ3n) is 3.48. The minimum atomic E-state index is -3.81. The van der Waals surface area contributed by atoms with E-state index < -0.39 is 15.9 Å². The molecule has 2 N–H and O–H groups in total. The summed E-state index contributed by atoms with van der Waals surface area (Å²) in [5.41, 5.74) is 1.28. The molecule has 9 heteroatoms. The summed E-state index contributed by atoms with van der Waals surface area (Å²) in [5.74, 6) is 0.0299. The summed E-state index contributed by atoms with van der Waals surface area (Å²) in [6.45, 7) is 2.89. The van der Waals surface area contributed by atoms with Crippen LogP contribution in [0.3, 0.4) is 0 Å². The second-order valence-electron chi connectivity index (χ2n) is 5.27. The Morgan fingerprint density at radius 2 is 2.00 bits per heavy atom. The number of methoxy groups -OCH3 is 1. The van der Waals surface area contributed by atoms with Gasteiger partial charge in [0.2, 0.25) is 15.9 Å². The zero-order chi connectivity index (χ0) is 17.9. The van der Waals surface area contributed by atoms with Gasteiger partial charge in [0, 0.05) is 7.05 Å². The van der Waals surface area contributed by atoms with Crippen LogP contribution in [0.25, 0.3) is 0 Å². The molecule has 1 heterocycles. The van der Waals surface area contributed by atoms with Gasteiger partial charge in [-0.1, -0.05) is 12.1 Å². The molecule has 0 aliphatic rings. The first-order valence-electron chi connectivity index (χ1n) is 7.18. The van der Waals surface area contributed by atoms with Crippen molar-refractivity contribution in [2.75, 3.05) is 26.0 Å². The molecular formula is C15H20N4O4S. The minimum absolute atomic E-state index is 0.0927. The van der Waals surface area contributed by atoms with Gasteiger partial charge in [0.25, 0.3) is 0 Å². The Morgan fingerprint density at radius 3 is 2.58 bits per heavy atom. The number of hydrogen-bond donors (Lipinski definition) is 2. The number of hydrogen-bond acceptors (Lipinski definition) is 5. The number of sulfonamides is 1. The Hall–Kier alpha value is -2.39.